The van der Waals surface area contributed by atoms with Gasteiger partial charge in [-0.1, -0.05) is 24.3 Å². The molecule has 0 aliphatic carbocycles. The Labute approximate surface area is 144 Å². The Kier molecular flexibility index (Phi) is 5.67. The average molecular weight is 343 g/mol. The molecule has 0 heterocycles. The molecular weight excluding hydrogens is 326 g/mol. The molecule has 0 saturated carbocycles. The van der Waals surface area contributed by atoms with E-state index in [-0.39, 0.29) is 24.3 Å². The molecule has 8 heteroatoms. The number of benzene rings is 2. The molecule has 2 rings (SSSR count). The second kappa shape index (κ2) is 7.91. The van der Waals surface area contributed by atoms with Gasteiger partial charge in [-0.05, 0) is 23.8 Å². The number of amides is 2. The van der Waals surface area contributed by atoms with Crippen LogP contribution in [0.25, 0.3) is 0 Å². The summed E-state index contributed by atoms with van der Waals surface area (Å²) in [4.78, 5) is 35.8. The van der Waals surface area contributed by atoms with E-state index in [2.05, 4.69) is 0 Å². The third kappa shape index (κ3) is 4.54. The molecule has 2 N–H and O–H groups in total. The quantitative estimate of drug-likeness (QED) is 0.607. The first-order chi connectivity index (χ1) is 11.9. The maximum atomic E-state index is 12.7. The van der Waals surface area contributed by atoms with Crippen LogP contribution in [0, 0.1) is 10.1 Å². The van der Waals surface area contributed by atoms with E-state index in [1.165, 1.54) is 36.3 Å². The minimum absolute atomic E-state index is 0.0605. The number of hydrogen-bond acceptors (Lipinski definition) is 5. The van der Waals surface area contributed by atoms with Crippen molar-refractivity contribution in [3.05, 3.63) is 69.8 Å². The monoisotopic (exact) mass is 343 g/mol. The first-order valence-electron chi connectivity index (χ1n) is 7.36. The van der Waals surface area contributed by atoms with Crippen molar-refractivity contribution in [2.75, 3.05) is 13.7 Å². The van der Waals surface area contributed by atoms with Crippen LogP contribution in [-0.4, -0.2) is 35.3 Å². The number of hydrogen-bond donors (Lipinski definition) is 1. The number of carbonyl (C=O) groups excluding carboxylic acids is 2. The summed E-state index contributed by atoms with van der Waals surface area (Å²) in [6.45, 7) is -0.298. The Bertz CT molecular complexity index is 806. The lowest BCUT2D eigenvalue weighted by Gasteiger charge is -2.21. The van der Waals surface area contributed by atoms with Gasteiger partial charge in [-0.2, -0.15) is 0 Å². The number of methoxy groups -OCH3 is 1. The average Bonchev–Trinajstić information content (AvgIpc) is 2.60. The van der Waals surface area contributed by atoms with Gasteiger partial charge < -0.3 is 15.4 Å². The van der Waals surface area contributed by atoms with E-state index in [1.54, 1.807) is 24.3 Å². The second-order valence-electron chi connectivity index (χ2n) is 5.25. The van der Waals surface area contributed by atoms with Crippen molar-refractivity contribution in [3.8, 4) is 5.75 Å². The van der Waals surface area contributed by atoms with Crippen molar-refractivity contribution in [2.24, 2.45) is 5.73 Å². The molecule has 0 unspecified atom stereocenters. The number of para-hydroxylation sites is 1. The summed E-state index contributed by atoms with van der Waals surface area (Å²) >= 11 is 0. The molecule has 0 spiro atoms. The molecule has 2 aromatic rings. The Balaban J connectivity index is 2.35. The summed E-state index contributed by atoms with van der Waals surface area (Å²) in [5.74, 6) is -0.765. The predicted molar refractivity (Wildman–Crippen MR) is 90.0 cm³/mol. The third-order valence-electron chi connectivity index (χ3n) is 3.47. The van der Waals surface area contributed by atoms with Crippen molar-refractivity contribution in [1.82, 2.24) is 4.90 Å². The minimum Gasteiger partial charge on any atom is -0.497 e. The highest BCUT2D eigenvalue weighted by Crippen LogP contribution is 2.21. The number of ether oxygens (including phenoxy) is 1. The molecule has 0 saturated heterocycles. The van der Waals surface area contributed by atoms with Crippen molar-refractivity contribution >= 4 is 17.5 Å². The number of nitro benzene ring substituents is 1. The molecule has 0 aromatic heterocycles. The lowest BCUT2D eigenvalue weighted by molar-refractivity contribution is -0.385. The van der Waals surface area contributed by atoms with Gasteiger partial charge in [0.05, 0.1) is 18.6 Å². The standard InChI is InChI=1S/C17H17N3O5/c1-25-13-6-4-5-12(9-13)10-19(11-16(18)21)17(22)14-7-2-3-8-15(14)20(23)24/h2-9H,10-11H2,1H3,(H2,18,21). The number of nitrogens with two attached hydrogens (primary N) is 1. The smallest absolute Gasteiger partial charge is 0.282 e. The Morgan fingerprint density at radius 2 is 1.92 bits per heavy atom. The van der Waals surface area contributed by atoms with Gasteiger partial charge in [0.15, 0.2) is 0 Å². The second-order valence-corrected chi connectivity index (χ2v) is 5.25. The van der Waals surface area contributed by atoms with Crippen LogP contribution in [0.5, 0.6) is 5.75 Å². The number of nitrogens with zero attached hydrogens (tertiary/aromatic N) is 2. The Morgan fingerprint density at radius 1 is 1.20 bits per heavy atom. The summed E-state index contributed by atoms with van der Waals surface area (Å²) < 4.78 is 5.13. The lowest BCUT2D eigenvalue weighted by Crippen LogP contribution is -2.38. The number of nitro groups is 1. The van der Waals surface area contributed by atoms with Gasteiger partial charge in [0.1, 0.15) is 11.3 Å². The van der Waals surface area contributed by atoms with Crippen molar-refractivity contribution < 1.29 is 19.2 Å². The van der Waals surface area contributed by atoms with Gasteiger partial charge >= 0.3 is 0 Å². The molecule has 8 nitrogen and oxygen atoms in total. The first-order valence-corrected chi connectivity index (χ1v) is 7.36. The summed E-state index contributed by atoms with van der Waals surface area (Å²) in [7, 11) is 1.51. The van der Waals surface area contributed by atoms with Gasteiger partial charge in [0.2, 0.25) is 5.91 Å². The molecule has 0 bridgehead atoms. The fourth-order valence-corrected chi connectivity index (χ4v) is 2.36. The van der Waals surface area contributed by atoms with E-state index in [4.69, 9.17) is 10.5 Å². The zero-order valence-electron chi connectivity index (χ0n) is 13.5. The van der Waals surface area contributed by atoms with E-state index in [0.717, 1.165) is 0 Å². The summed E-state index contributed by atoms with van der Waals surface area (Å²) in [5.41, 5.74) is 5.50. The fraction of sp³-hybridized carbons (Fsp3) is 0.176. The molecule has 0 radical (unpaired) electrons. The molecule has 2 aromatic carbocycles. The molecule has 130 valence electrons. The normalized spacial score (nSPS) is 10.1. The highest BCUT2D eigenvalue weighted by atomic mass is 16.6. The van der Waals surface area contributed by atoms with Crippen LogP contribution in [-0.2, 0) is 11.3 Å². The van der Waals surface area contributed by atoms with Gasteiger partial charge in [0.25, 0.3) is 11.6 Å². The maximum absolute atomic E-state index is 12.7. The number of carbonyl (C=O) groups is 2. The largest absolute Gasteiger partial charge is 0.497 e. The molecule has 2 amide bonds. The summed E-state index contributed by atoms with van der Waals surface area (Å²) in [6, 6.07) is 12.5. The summed E-state index contributed by atoms with van der Waals surface area (Å²) in [5, 5.41) is 11.1. The van der Waals surface area contributed by atoms with Crippen molar-refractivity contribution in [3.63, 3.8) is 0 Å². The minimum atomic E-state index is -0.713. The van der Waals surface area contributed by atoms with Gasteiger partial charge in [-0.25, -0.2) is 0 Å². The molecular formula is C17H17N3O5. The van der Waals surface area contributed by atoms with Gasteiger partial charge in [-0.3, -0.25) is 19.7 Å². The van der Waals surface area contributed by atoms with Crippen LogP contribution >= 0.6 is 0 Å². The number of primary amides is 1. The van der Waals surface area contributed by atoms with Crippen LogP contribution in [0.2, 0.25) is 0 Å². The van der Waals surface area contributed by atoms with E-state index in [9.17, 15) is 19.7 Å². The highest BCUT2D eigenvalue weighted by molar-refractivity contribution is 5.99. The van der Waals surface area contributed by atoms with Crippen LogP contribution < -0.4 is 10.5 Å². The Morgan fingerprint density at radius 3 is 2.56 bits per heavy atom. The van der Waals surface area contributed by atoms with Crippen LogP contribution in [0.4, 0.5) is 5.69 Å². The van der Waals surface area contributed by atoms with E-state index >= 15 is 0 Å². The zero-order chi connectivity index (χ0) is 18.4. The third-order valence-corrected chi connectivity index (χ3v) is 3.47. The molecule has 0 fully saturated rings. The topological polar surface area (TPSA) is 116 Å². The lowest BCUT2D eigenvalue weighted by atomic mass is 10.1. The molecule has 0 atom stereocenters. The Hall–Kier alpha value is -3.42. The molecule has 25 heavy (non-hydrogen) atoms. The summed E-state index contributed by atoms with van der Waals surface area (Å²) in [6.07, 6.45) is 0. The predicted octanol–water partition coefficient (Wildman–Crippen LogP) is 1.73. The SMILES string of the molecule is COc1cccc(CN(CC(N)=O)C(=O)c2ccccc2[N+](=O)[O-])c1. The zero-order valence-corrected chi connectivity index (χ0v) is 13.5. The molecule has 0 aliphatic heterocycles. The van der Waals surface area contributed by atoms with E-state index < -0.39 is 16.7 Å². The fourth-order valence-electron chi connectivity index (χ4n) is 2.36. The van der Waals surface area contributed by atoms with E-state index in [1.807, 2.05) is 0 Å². The maximum Gasteiger partial charge on any atom is 0.282 e. The number of rotatable bonds is 7. The van der Waals surface area contributed by atoms with Gasteiger partial charge in [0, 0.05) is 12.6 Å². The van der Waals surface area contributed by atoms with Crippen molar-refractivity contribution in [2.45, 2.75) is 6.54 Å². The van der Waals surface area contributed by atoms with Crippen LogP contribution in [0.15, 0.2) is 48.5 Å². The van der Waals surface area contributed by atoms with Crippen LogP contribution in [0.1, 0.15) is 15.9 Å². The van der Waals surface area contributed by atoms with Crippen molar-refractivity contribution in [1.29, 1.82) is 0 Å². The highest BCUT2D eigenvalue weighted by Gasteiger charge is 2.25. The van der Waals surface area contributed by atoms with E-state index in [0.29, 0.717) is 11.3 Å². The van der Waals surface area contributed by atoms with Gasteiger partial charge in [-0.15, -0.1) is 0 Å². The van der Waals surface area contributed by atoms with Crippen LogP contribution in [0.3, 0.4) is 0 Å². The first kappa shape index (κ1) is 17.9. The molecule has 0 aliphatic rings.